The van der Waals surface area contributed by atoms with E-state index in [0.29, 0.717) is 48.1 Å². The van der Waals surface area contributed by atoms with Gasteiger partial charge in [-0.25, -0.2) is 24.3 Å². The highest BCUT2D eigenvalue weighted by atomic mass is 19.4. The Balaban J connectivity index is 1.29. The second-order valence-electron chi connectivity index (χ2n) is 13.2. The first kappa shape index (κ1) is 34.5. The van der Waals surface area contributed by atoms with Gasteiger partial charge in [0, 0.05) is 63.8 Å². The van der Waals surface area contributed by atoms with Crippen LogP contribution in [-0.4, -0.2) is 100 Å². The average molecular weight is 685 g/mol. The molecule has 49 heavy (non-hydrogen) atoms. The number of alkyl halides is 3. The number of hydrogen-bond acceptors (Lipinski definition) is 9. The maximum absolute atomic E-state index is 14.2. The number of methoxy groups -OCH3 is 1. The van der Waals surface area contributed by atoms with Gasteiger partial charge in [0.15, 0.2) is 11.5 Å². The number of pyridine rings is 1. The number of rotatable bonds is 12. The summed E-state index contributed by atoms with van der Waals surface area (Å²) < 4.78 is 60.6. The van der Waals surface area contributed by atoms with Crippen LogP contribution in [0, 0.1) is 11.2 Å². The molecule has 2 fully saturated rings. The SMILES string of the molecule is COCC1(CN(C)c2cc(-c3ccc(F)c(C(F)(F)F)c3)nc3nc(-c4cnc(N5CCN(CCCC(=O)O)[C@@H](C)C5)cn4)[nH]c23)CCC1. The first-order valence-electron chi connectivity index (χ1n) is 16.4. The van der Waals surface area contributed by atoms with Crippen molar-refractivity contribution in [1.29, 1.82) is 0 Å². The molecule has 1 saturated heterocycles. The smallest absolute Gasteiger partial charge is 0.419 e. The summed E-state index contributed by atoms with van der Waals surface area (Å²) in [5.74, 6) is -1.03. The Morgan fingerprint density at radius 2 is 1.94 bits per heavy atom. The molecule has 4 aromatic rings. The number of aliphatic carboxylic acids is 1. The standard InChI is InChI=1S/C34H40F4N8O3/c1-21-18-46(13-12-45(21)11-4-6-29(47)48)28-17-39-26(16-40-28)31-42-30-27(44(2)19-33(20-49-3)9-5-10-33)15-25(41-32(30)43-31)22-7-8-24(35)23(14-22)34(36,37)38/h7-8,14-17,21H,4-6,9-13,18-20H2,1-3H3,(H,47,48)(H,41,42,43)/t21-/m0/s1. The molecule has 6 rings (SSSR count). The van der Waals surface area contributed by atoms with Gasteiger partial charge in [-0.15, -0.1) is 0 Å². The second-order valence-corrected chi connectivity index (χ2v) is 13.2. The number of anilines is 2. The molecule has 1 aromatic carbocycles. The number of hydrogen-bond donors (Lipinski definition) is 2. The Morgan fingerprint density at radius 1 is 1.14 bits per heavy atom. The summed E-state index contributed by atoms with van der Waals surface area (Å²) in [7, 11) is 3.59. The van der Waals surface area contributed by atoms with Crippen LogP contribution in [0.5, 0.6) is 0 Å². The van der Waals surface area contributed by atoms with Gasteiger partial charge >= 0.3 is 12.1 Å². The van der Waals surface area contributed by atoms with Crippen LogP contribution in [0.15, 0.2) is 36.7 Å². The van der Waals surface area contributed by atoms with Crippen molar-refractivity contribution in [3.63, 3.8) is 0 Å². The van der Waals surface area contributed by atoms with Crippen LogP contribution in [0.2, 0.25) is 0 Å². The van der Waals surface area contributed by atoms with E-state index in [9.17, 15) is 22.4 Å². The topological polar surface area (TPSA) is 124 Å². The molecule has 0 bridgehead atoms. The van der Waals surface area contributed by atoms with Crippen molar-refractivity contribution in [1.82, 2.24) is 29.8 Å². The lowest BCUT2D eigenvalue weighted by Crippen LogP contribution is -2.52. The molecule has 1 atom stereocenters. The molecule has 1 saturated carbocycles. The summed E-state index contributed by atoms with van der Waals surface area (Å²) in [6.07, 6.45) is 2.28. The number of halogens is 4. The normalized spacial score (nSPS) is 18.1. The number of aromatic nitrogens is 5. The van der Waals surface area contributed by atoms with Gasteiger partial charge in [-0.1, -0.05) is 6.42 Å². The molecule has 0 amide bonds. The predicted octanol–water partition coefficient (Wildman–Crippen LogP) is 5.87. The van der Waals surface area contributed by atoms with Crippen molar-refractivity contribution in [2.45, 2.75) is 51.2 Å². The van der Waals surface area contributed by atoms with E-state index in [4.69, 9.17) is 14.8 Å². The van der Waals surface area contributed by atoms with E-state index in [1.165, 1.54) is 6.07 Å². The number of aromatic amines is 1. The van der Waals surface area contributed by atoms with Gasteiger partial charge in [0.05, 0.1) is 35.9 Å². The number of H-pyrrole nitrogens is 1. The Bertz CT molecular complexity index is 1790. The third-order valence-electron chi connectivity index (χ3n) is 9.66. The molecule has 15 heteroatoms. The largest absolute Gasteiger partial charge is 0.481 e. The van der Waals surface area contributed by atoms with Crippen LogP contribution < -0.4 is 9.80 Å². The molecule has 11 nitrogen and oxygen atoms in total. The Kier molecular flexibility index (Phi) is 9.76. The van der Waals surface area contributed by atoms with E-state index in [-0.39, 0.29) is 34.8 Å². The minimum Gasteiger partial charge on any atom is -0.481 e. The van der Waals surface area contributed by atoms with Gasteiger partial charge in [-0.2, -0.15) is 13.2 Å². The number of carbonyl (C=O) groups is 1. The van der Waals surface area contributed by atoms with Crippen molar-refractivity contribution in [2.24, 2.45) is 5.41 Å². The fourth-order valence-electron chi connectivity index (χ4n) is 6.94. The van der Waals surface area contributed by atoms with Gasteiger partial charge in [-0.3, -0.25) is 9.69 Å². The molecule has 262 valence electrons. The molecular formula is C34H40F4N8O3. The average Bonchev–Trinajstić information content (AvgIpc) is 3.48. The fraction of sp³-hybridized carbons (Fsp3) is 0.500. The molecule has 2 aliphatic rings. The zero-order valence-electron chi connectivity index (χ0n) is 27.7. The van der Waals surface area contributed by atoms with Gasteiger partial charge in [0.1, 0.15) is 22.8 Å². The maximum atomic E-state index is 14.2. The van der Waals surface area contributed by atoms with Crippen molar-refractivity contribution >= 4 is 28.6 Å². The van der Waals surface area contributed by atoms with E-state index >= 15 is 0 Å². The number of piperazine rings is 1. The lowest BCUT2D eigenvalue weighted by molar-refractivity contribution is -0.140. The molecule has 1 aliphatic carbocycles. The Hall–Kier alpha value is -4.37. The van der Waals surface area contributed by atoms with Crippen LogP contribution in [0.1, 0.15) is 44.6 Å². The number of carboxylic acid groups (broad SMARTS) is 1. The highest BCUT2D eigenvalue weighted by molar-refractivity contribution is 5.91. The van der Waals surface area contributed by atoms with Crippen molar-refractivity contribution in [3.8, 4) is 22.8 Å². The highest BCUT2D eigenvalue weighted by Crippen LogP contribution is 2.43. The summed E-state index contributed by atoms with van der Waals surface area (Å²) in [6, 6.07) is 4.79. The number of fused-ring (bicyclic) bond motifs is 1. The first-order chi connectivity index (χ1) is 23.4. The van der Waals surface area contributed by atoms with E-state index < -0.39 is 23.5 Å². The van der Waals surface area contributed by atoms with Crippen LogP contribution in [0.3, 0.4) is 0 Å². The maximum Gasteiger partial charge on any atom is 0.419 e. The zero-order chi connectivity index (χ0) is 34.9. The summed E-state index contributed by atoms with van der Waals surface area (Å²) in [4.78, 5) is 39.3. The highest BCUT2D eigenvalue weighted by Gasteiger charge is 2.39. The van der Waals surface area contributed by atoms with Gasteiger partial charge in [0.2, 0.25) is 0 Å². The summed E-state index contributed by atoms with van der Waals surface area (Å²) in [6.45, 7) is 6.29. The quantitative estimate of drug-likeness (QED) is 0.175. The third-order valence-corrected chi connectivity index (χ3v) is 9.66. The van der Waals surface area contributed by atoms with Crippen LogP contribution in [0.25, 0.3) is 33.9 Å². The van der Waals surface area contributed by atoms with Crippen LogP contribution in [0.4, 0.5) is 29.1 Å². The van der Waals surface area contributed by atoms with E-state index in [2.05, 4.69) is 36.7 Å². The number of imidazole rings is 1. The van der Waals surface area contributed by atoms with Crippen molar-refractivity contribution in [3.05, 3.63) is 48.0 Å². The molecule has 0 spiro atoms. The number of nitrogens with zero attached hydrogens (tertiary/aromatic N) is 7. The number of ether oxygens (including phenoxy) is 1. The van der Waals surface area contributed by atoms with Crippen molar-refractivity contribution in [2.75, 3.05) is 63.3 Å². The first-order valence-corrected chi connectivity index (χ1v) is 16.4. The molecule has 3 aromatic heterocycles. The minimum absolute atomic E-state index is 0.0514. The zero-order valence-corrected chi connectivity index (χ0v) is 27.7. The molecule has 0 radical (unpaired) electrons. The summed E-state index contributed by atoms with van der Waals surface area (Å²) in [5, 5.41) is 8.95. The van der Waals surface area contributed by atoms with Crippen molar-refractivity contribution < 1.29 is 32.2 Å². The minimum atomic E-state index is -4.86. The molecular weight excluding hydrogens is 644 g/mol. The number of benzene rings is 1. The lowest BCUT2D eigenvalue weighted by Gasteiger charge is -2.44. The van der Waals surface area contributed by atoms with E-state index in [1.54, 1.807) is 25.6 Å². The van der Waals surface area contributed by atoms with Gasteiger partial charge in [-0.05, 0) is 57.0 Å². The van der Waals surface area contributed by atoms with E-state index in [1.807, 2.05) is 11.9 Å². The fourth-order valence-corrected chi connectivity index (χ4v) is 6.94. The van der Waals surface area contributed by atoms with Gasteiger partial charge in [0.25, 0.3) is 0 Å². The summed E-state index contributed by atoms with van der Waals surface area (Å²) in [5.41, 5.74) is 0.944. The predicted molar refractivity (Wildman–Crippen MR) is 177 cm³/mol. The summed E-state index contributed by atoms with van der Waals surface area (Å²) >= 11 is 0. The monoisotopic (exact) mass is 684 g/mol. The van der Waals surface area contributed by atoms with Crippen LogP contribution in [-0.2, 0) is 15.7 Å². The van der Waals surface area contributed by atoms with E-state index in [0.717, 1.165) is 57.6 Å². The second kappa shape index (κ2) is 13.9. The molecule has 2 N–H and O–H groups in total. The molecule has 4 heterocycles. The third kappa shape index (κ3) is 7.47. The molecule has 0 unspecified atom stereocenters. The van der Waals surface area contributed by atoms with Crippen LogP contribution >= 0.6 is 0 Å². The number of nitrogens with one attached hydrogen (secondary N) is 1. The van der Waals surface area contributed by atoms with Gasteiger partial charge < -0.3 is 24.6 Å². The lowest BCUT2D eigenvalue weighted by atomic mass is 9.69. The Labute approximate surface area is 281 Å². The Morgan fingerprint density at radius 3 is 2.57 bits per heavy atom. The molecule has 1 aliphatic heterocycles. The number of carboxylic acids is 1.